The average Bonchev–Trinajstić information content (AvgIpc) is 3.48. The van der Waals surface area contributed by atoms with Crippen LogP contribution in [-0.4, -0.2) is 35.3 Å². The molecule has 8 heteroatoms. The molecule has 2 aromatic heterocycles. The van der Waals surface area contributed by atoms with Gasteiger partial charge in [-0.05, 0) is 51.6 Å². The van der Waals surface area contributed by atoms with Gasteiger partial charge in [0.25, 0.3) is 5.56 Å². The molecule has 0 saturated carbocycles. The van der Waals surface area contributed by atoms with Crippen LogP contribution in [0.2, 0.25) is 0 Å². The number of tetrazole rings is 1. The van der Waals surface area contributed by atoms with Crippen molar-refractivity contribution in [2.75, 3.05) is 0 Å². The second-order valence-electron chi connectivity index (χ2n) is 8.98. The van der Waals surface area contributed by atoms with Crippen molar-refractivity contribution in [1.29, 1.82) is 0 Å². The maximum atomic E-state index is 13.6. The fourth-order valence-electron chi connectivity index (χ4n) is 4.64. The Morgan fingerprint density at radius 1 is 0.919 bits per heavy atom. The minimum atomic E-state index is -0.0272. The Balaban J connectivity index is 1.45. The molecule has 0 unspecified atom stereocenters. The van der Waals surface area contributed by atoms with Gasteiger partial charge in [0.05, 0.1) is 18.8 Å². The summed E-state index contributed by atoms with van der Waals surface area (Å²) >= 11 is 0. The van der Waals surface area contributed by atoms with Crippen molar-refractivity contribution in [3.8, 4) is 22.5 Å². The molecule has 186 valence electrons. The predicted molar refractivity (Wildman–Crippen MR) is 142 cm³/mol. The number of nitrogens with zero attached hydrogens (tertiary/aromatic N) is 5. The minimum absolute atomic E-state index is 0.0222. The van der Waals surface area contributed by atoms with Crippen LogP contribution in [0, 0.1) is 6.92 Å². The van der Waals surface area contributed by atoms with Gasteiger partial charge in [0.15, 0.2) is 5.82 Å². The van der Waals surface area contributed by atoms with Crippen LogP contribution < -0.4 is 5.56 Å². The molecule has 8 nitrogen and oxygen atoms in total. The van der Waals surface area contributed by atoms with Crippen molar-refractivity contribution in [2.24, 2.45) is 0 Å². The summed E-state index contributed by atoms with van der Waals surface area (Å²) in [4.78, 5) is 18.4. The van der Waals surface area contributed by atoms with E-state index in [0.29, 0.717) is 36.6 Å². The number of aromatic amines is 1. The van der Waals surface area contributed by atoms with Crippen LogP contribution in [0.3, 0.4) is 0 Å². The van der Waals surface area contributed by atoms with Gasteiger partial charge in [0.1, 0.15) is 5.82 Å². The monoisotopic (exact) mass is 492 g/mol. The molecule has 0 atom stereocenters. The molecular weight excluding hydrogens is 464 g/mol. The number of H-pyrrole nitrogens is 1. The normalized spacial score (nSPS) is 11.1. The van der Waals surface area contributed by atoms with Crippen LogP contribution >= 0.6 is 0 Å². The lowest BCUT2D eigenvalue weighted by atomic mass is 9.98. The van der Waals surface area contributed by atoms with Gasteiger partial charge in [-0.25, -0.2) is 10.1 Å². The summed E-state index contributed by atoms with van der Waals surface area (Å²) in [6, 6.07) is 23.8. The maximum Gasteiger partial charge on any atom is 0.257 e. The van der Waals surface area contributed by atoms with Crippen LogP contribution in [0.4, 0.5) is 0 Å². The number of rotatable bonds is 8. The summed E-state index contributed by atoms with van der Waals surface area (Å²) in [7, 11) is 0. The van der Waals surface area contributed by atoms with E-state index in [-0.39, 0.29) is 12.2 Å². The maximum absolute atomic E-state index is 13.6. The number of benzene rings is 3. The minimum Gasteiger partial charge on any atom is -0.392 e. The molecule has 0 fully saturated rings. The highest BCUT2D eigenvalue weighted by atomic mass is 16.3. The van der Waals surface area contributed by atoms with Crippen molar-refractivity contribution in [3.05, 3.63) is 117 Å². The van der Waals surface area contributed by atoms with Crippen LogP contribution in [-0.2, 0) is 26.0 Å². The molecule has 3 aromatic carbocycles. The highest BCUT2D eigenvalue weighted by Crippen LogP contribution is 2.29. The first-order valence-corrected chi connectivity index (χ1v) is 12.3. The standard InChI is InChI=1S/C29H28N6O2/c1-3-27-26(16-21-7-6-8-22(15-21)18-36)29(37)35(19(2)30-27)17-20-11-13-23(14-12-20)24-9-4-5-10-25(24)28-31-33-34-32-28/h4-15,36H,3,16-18H2,1-2H3,(H,31,32,33,34). The Hall–Kier alpha value is -4.43. The lowest BCUT2D eigenvalue weighted by Gasteiger charge is -2.16. The zero-order valence-corrected chi connectivity index (χ0v) is 20.8. The lowest BCUT2D eigenvalue weighted by Crippen LogP contribution is -2.29. The first-order valence-electron chi connectivity index (χ1n) is 12.3. The number of aryl methyl sites for hydroxylation is 2. The molecule has 2 N–H and O–H groups in total. The van der Waals surface area contributed by atoms with Gasteiger partial charge < -0.3 is 5.11 Å². The Morgan fingerprint density at radius 2 is 1.68 bits per heavy atom. The summed E-state index contributed by atoms with van der Waals surface area (Å²) in [6.45, 7) is 4.30. The quantitative estimate of drug-likeness (QED) is 0.338. The summed E-state index contributed by atoms with van der Waals surface area (Å²) in [5.41, 5.74) is 7.29. The van der Waals surface area contributed by atoms with Crippen LogP contribution in [0.25, 0.3) is 22.5 Å². The van der Waals surface area contributed by atoms with E-state index in [2.05, 4.69) is 20.6 Å². The van der Waals surface area contributed by atoms with E-state index in [1.807, 2.05) is 86.6 Å². The molecule has 0 aliphatic rings. The van der Waals surface area contributed by atoms with Crippen LogP contribution in [0.5, 0.6) is 0 Å². The van der Waals surface area contributed by atoms with E-state index in [0.717, 1.165) is 39.1 Å². The van der Waals surface area contributed by atoms with E-state index in [1.165, 1.54) is 0 Å². The second-order valence-corrected chi connectivity index (χ2v) is 8.98. The zero-order chi connectivity index (χ0) is 25.8. The highest BCUT2D eigenvalue weighted by molar-refractivity contribution is 5.80. The van der Waals surface area contributed by atoms with Crippen molar-refractivity contribution in [2.45, 2.75) is 39.8 Å². The van der Waals surface area contributed by atoms with Gasteiger partial charge in [-0.1, -0.05) is 79.7 Å². The largest absolute Gasteiger partial charge is 0.392 e. The van der Waals surface area contributed by atoms with Crippen molar-refractivity contribution in [1.82, 2.24) is 30.2 Å². The summed E-state index contributed by atoms with van der Waals surface area (Å²) in [6.07, 6.45) is 1.16. The fraction of sp³-hybridized carbons (Fsp3) is 0.207. The molecule has 0 bridgehead atoms. The van der Waals surface area contributed by atoms with E-state index >= 15 is 0 Å². The van der Waals surface area contributed by atoms with Gasteiger partial charge in [0, 0.05) is 17.5 Å². The van der Waals surface area contributed by atoms with Crippen molar-refractivity contribution < 1.29 is 5.11 Å². The topological polar surface area (TPSA) is 110 Å². The number of hydrogen-bond donors (Lipinski definition) is 2. The number of aliphatic hydroxyl groups is 1. The number of nitrogens with one attached hydrogen (secondary N) is 1. The molecule has 0 saturated heterocycles. The molecule has 5 rings (SSSR count). The molecular formula is C29H28N6O2. The van der Waals surface area contributed by atoms with Gasteiger partial charge in [-0.2, -0.15) is 0 Å². The predicted octanol–water partition coefficient (Wildman–Crippen LogP) is 4.09. The molecule has 0 aliphatic carbocycles. The van der Waals surface area contributed by atoms with Crippen molar-refractivity contribution in [3.63, 3.8) is 0 Å². The van der Waals surface area contributed by atoms with Gasteiger partial charge in [-0.15, -0.1) is 5.10 Å². The SMILES string of the molecule is CCc1nc(C)n(Cc2ccc(-c3ccccc3-c3nnn[nH]3)cc2)c(=O)c1Cc1cccc(CO)c1. The summed E-state index contributed by atoms with van der Waals surface area (Å²) in [5.74, 6) is 1.31. The summed E-state index contributed by atoms with van der Waals surface area (Å²) in [5, 5.41) is 23.8. The third kappa shape index (κ3) is 5.10. The molecule has 0 amide bonds. The Kier molecular flexibility index (Phi) is 7.00. The van der Waals surface area contributed by atoms with E-state index in [9.17, 15) is 9.90 Å². The molecule has 2 heterocycles. The first kappa shape index (κ1) is 24.3. The third-order valence-electron chi connectivity index (χ3n) is 6.56. The molecule has 0 spiro atoms. The number of aromatic nitrogens is 6. The number of hydrogen-bond acceptors (Lipinski definition) is 6. The van der Waals surface area contributed by atoms with Crippen LogP contribution in [0.15, 0.2) is 77.6 Å². The molecule has 0 radical (unpaired) electrons. The van der Waals surface area contributed by atoms with Gasteiger partial charge >= 0.3 is 0 Å². The zero-order valence-electron chi connectivity index (χ0n) is 20.8. The fourth-order valence-corrected chi connectivity index (χ4v) is 4.64. The first-order chi connectivity index (χ1) is 18.1. The van der Waals surface area contributed by atoms with E-state index in [1.54, 1.807) is 4.57 Å². The van der Waals surface area contributed by atoms with E-state index in [4.69, 9.17) is 4.98 Å². The van der Waals surface area contributed by atoms with Gasteiger partial charge in [-0.3, -0.25) is 9.36 Å². The Bertz CT molecular complexity index is 1570. The van der Waals surface area contributed by atoms with Crippen molar-refractivity contribution >= 4 is 0 Å². The smallest absolute Gasteiger partial charge is 0.257 e. The second kappa shape index (κ2) is 10.7. The molecule has 5 aromatic rings. The number of aliphatic hydroxyl groups excluding tert-OH is 1. The Labute approximate surface area is 214 Å². The Morgan fingerprint density at radius 3 is 2.38 bits per heavy atom. The summed E-state index contributed by atoms with van der Waals surface area (Å²) < 4.78 is 1.74. The lowest BCUT2D eigenvalue weighted by molar-refractivity contribution is 0.281. The highest BCUT2D eigenvalue weighted by Gasteiger charge is 2.15. The van der Waals surface area contributed by atoms with Crippen LogP contribution in [0.1, 0.15) is 40.7 Å². The van der Waals surface area contributed by atoms with Gasteiger partial charge in [0.2, 0.25) is 0 Å². The van der Waals surface area contributed by atoms with E-state index < -0.39 is 0 Å². The molecule has 37 heavy (non-hydrogen) atoms. The average molecular weight is 493 g/mol. The third-order valence-corrected chi connectivity index (χ3v) is 6.56. The molecule has 0 aliphatic heterocycles.